The molecule has 0 aromatic heterocycles. The summed E-state index contributed by atoms with van der Waals surface area (Å²) in [6.45, 7) is 6.34. The van der Waals surface area contributed by atoms with E-state index in [0.29, 0.717) is 19.3 Å². The van der Waals surface area contributed by atoms with Gasteiger partial charge < -0.3 is 14.2 Å². The quantitative estimate of drug-likeness (QED) is 0.0261. The van der Waals surface area contributed by atoms with Gasteiger partial charge in [-0.1, -0.05) is 276 Å². The molecule has 0 aliphatic heterocycles. The average molecular weight is 1080 g/mol. The van der Waals surface area contributed by atoms with Crippen molar-refractivity contribution >= 4 is 17.9 Å². The number of carbonyl (C=O) groups is 3. The van der Waals surface area contributed by atoms with Crippen molar-refractivity contribution in [2.75, 3.05) is 13.2 Å². The maximum atomic E-state index is 12.9. The van der Waals surface area contributed by atoms with E-state index in [2.05, 4.69) is 167 Å². The monoisotopic (exact) mass is 1080 g/mol. The van der Waals surface area contributed by atoms with Crippen LogP contribution in [0.1, 0.15) is 271 Å². The Labute approximate surface area is 480 Å². The molecular weight excluding hydrogens is 961 g/mol. The van der Waals surface area contributed by atoms with E-state index >= 15 is 0 Å². The first-order valence-corrected chi connectivity index (χ1v) is 31.8. The summed E-state index contributed by atoms with van der Waals surface area (Å²) in [5, 5.41) is 0. The predicted molar refractivity (Wildman–Crippen MR) is 339 cm³/mol. The Morgan fingerprint density at radius 1 is 0.269 bits per heavy atom. The molecular formula is C72H116O6. The van der Waals surface area contributed by atoms with Gasteiger partial charge in [0.05, 0.1) is 0 Å². The molecule has 0 aliphatic rings. The number of allylic oxidation sites excluding steroid dienone is 24. The van der Waals surface area contributed by atoms with Gasteiger partial charge in [0.2, 0.25) is 0 Å². The molecule has 440 valence electrons. The number of hydrogen-bond donors (Lipinski definition) is 0. The third-order valence-electron chi connectivity index (χ3n) is 13.1. The van der Waals surface area contributed by atoms with Gasteiger partial charge in [-0.25, -0.2) is 0 Å². The van der Waals surface area contributed by atoms with E-state index in [1.165, 1.54) is 83.5 Å². The molecule has 0 aromatic carbocycles. The minimum Gasteiger partial charge on any atom is -0.462 e. The molecule has 0 saturated carbocycles. The Hall–Kier alpha value is -4.71. The Balaban J connectivity index is 4.18. The van der Waals surface area contributed by atoms with Gasteiger partial charge in [-0.2, -0.15) is 0 Å². The van der Waals surface area contributed by atoms with Crippen molar-refractivity contribution in [3.63, 3.8) is 0 Å². The van der Waals surface area contributed by atoms with Crippen molar-refractivity contribution in [3.8, 4) is 0 Å². The van der Waals surface area contributed by atoms with Crippen molar-refractivity contribution < 1.29 is 28.6 Å². The fourth-order valence-corrected chi connectivity index (χ4v) is 8.39. The van der Waals surface area contributed by atoms with Crippen LogP contribution < -0.4 is 0 Å². The summed E-state index contributed by atoms with van der Waals surface area (Å²) in [4.78, 5) is 38.0. The summed E-state index contributed by atoms with van der Waals surface area (Å²) < 4.78 is 16.8. The van der Waals surface area contributed by atoms with Gasteiger partial charge >= 0.3 is 17.9 Å². The summed E-state index contributed by atoms with van der Waals surface area (Å²) in [6.07, 6.45) is 93.1. The van der Waals surface area contributed by atoms with Crippen LogP contribution in [0.5, 0.6) is 0 Å². The average Bonchev–Trinajstić information content (AvgIpc) is 3.44. The summed E-state index contributed by atoms with van der Waals surface area (Å²) in [7, 11) is 0. The van der Waals surface area contributed by atoms with E-state index in [1.807, 2.05) is 0 Å². The molecule has 0 bridgehead atoms. The maximum Gasteiger partial charge on any atom is 0.306 e. The zero-order valence-corrected chi connectivity index (χ0v) is 50.4. The van der Waals surface area contributed by atoms with Crippen LogP contribution in [0.25, 0.3) is 0 Å². The number of esters is 3. The fraction of sp³-hybridized carbons (Fsp3) is 0.625. The lowest BCUT2D eigenvalue weighted by atomic mass is 10.1. The minimum absolute atomic E-state index is 0.0880. The Morgan fingerprint density at radius 2 is 0.500 bits per heavy atom. The smallest absolute Gasteiger partial charge is 0.306 e. The molecule has 0 heterocycles. The first-order chi connectivity index (χ1) is 38.5. The lowest BCUT2D eigenvalue weighted by Crippen LogP contribution is -2.30. The largest absolute Gasteiger partial charge is 0.462 e. The third-order valence-corrected chi connectivity index (χ3v) is 13.1. The van der Waals surface area contributed by atoms with Crippen molar-refractivity contribution in [1.29, 1.82) is 0 Å². The fourth-order valence-electron chi connectivity index (χ4n) is 8.39. The van der Waals surface area contributed by atoms with E-state index in [1.54, 1.807) is 0 Å². The first-order valence-electron chi connectivity index (χ1n) is 31.8. The molecule has 78 heavy (non-hydrogen) atoms. The standard InChI is InChI=1S/C72H116O6/c1-4-7-10-13-16-18-20-22-24-26-28-30-32-34-35-36-37-39-40-42-44-46-48-50-52-54-56-59-62-65-71(74)77-68-69(67-76-70(73)64-61-58-15-12-9-6-3)78-72(75)66-63-60-57-55-53-51-49-47-45-43-41-38-33-31-29-27-25-23-21-19-17-14-11-8-5-2/h7-8,10-11,16-19,22-25,28-31,34-35,37-39,41-42,44,69H,4-6,9,12-15,20-21,26-27,32-33,36,40,43,45-68H2,1-3H3/b10-7-,11-8-,18-16-,19-17-,24-22-,25-23-,30-28-,31-29-,35-34-,39-37-,41-38-,44-42-. The van der Waals surface area contributed by atoms with Crippen LogP contribution in [-0.2, 0) is 28.6 Å². The number of ether oxygens (including phenoxy) is 3. The number of unbranched alkanes of at least 4 members (excludes halogenated alkanes) is 21. The van der Waals surface area contributed by atoms with E-state index in [0.717, 1.165) is 148 Å². The van der Waals surface area contributed by atoms with E-state index in [4.69, 9.17) is 14.2 Å². The molecule has 0 spiro atoms. The maximum absolute atomic E-state index is 12.9. The van der Waals surface area contributed by atoms with Gasteiger partial charge in [-0.3, -0.25) is 14.4 Å². The SMILES string of the molecule is CC/C=C\C/C=C\C/C=C\C/C=C\C/C=C\C/C=C\C/C=C\CCCCCCCCCC(=O)OCC(COC(=O)CCCCCCCC)OC(=O)CCCCCCCCCCC/C=C\C/C=C\C/C=C\C/C=C\C/C=C\CC. The first kappa shape index (κ1) is 73.3. The summed E-state index contributed by atoms with van der Waals surface area (Å²) >= 11 is 0. The second kappa shape index (κ2) is 64.8. The normalized spacial score (nSPS) is 13.1. The molecule has 0 N–H and O–H groups in total. The van der Waals surface area contributed by atoms with Crippen LogP contribution in [0.2, 0.25) is 0 Å². The molecule has 0 fully saturated rings. The van der Waals surface area contributed by atoms with Crippen molar-refractivity contribution in [2.24, 2.45) is 0 Å². The van der Waals surface area contributed by atoms with E-state index in [-0.39, 0.29) is 31.1 Å². The molecule has 0 radical (unpaired) electrons. The molecule has 1 atom stereocenters. The molecule has 6 heteroatoms. The van der Waals surface area contributed by atoms with Crippen molar-refractivity contribution in [1.82, 2.24) is 0 Å². The van der Waals surface area contributed by atoms with Gasteiger partial charge in [0, 0.05) is 19.3 Å². The molecule has 1 unspecified atom stereocenters. The summed E-state index contributed by atoms with van der Waals surface area (Å²) in [6, 6.07) is 0. The van der Waals surface area contributed by atoms with E-state index < -0.39 is 6.10 Å². The van der Waals surface area contributed by atoms with Crippen LogP contribution in [0.15, 0.2) is 146 Å². The van der Waals surface area contributed by atoms with Gasteiger partial charge in [-0.05, 0) is 122 Å². The van der Waals surface area contributed by atoms with Gasteiger partial charge in [-0.15, -0.1) is 0 Å². The Kier molecular flexibility index (Phi) is 60.9. The number of hydrogen-bond acceptors (Lipinski definition) is 6. The molecule has 0 aromatic rings. The van der Waals surface area contributed by atoms with Crippen LogP contribution in [0.3, 0.4) is 0 Å². The second-order valence-electron chi connectivity index (χ2n) is 20.6. The third kappa shape index (κ3) is 62.1. The summed E-state index contributed by atoms with van der Waals surface area (Å²) in [5.41, 5.74) is 0. The van der Waals surface area contributed by atoms with Crippen molar-refractivity contribution in [2.45, 2.75) is 277 Å². The zero-order chi connectivity index (χ0) is 56.4. The van der Waals surface area contributed by atoms with Crippen LogP contribution in [0, 0.1) is 0 Å². The van der Waals surface area contributed by atoms with Crippen LogP contribution in [0.4, 0.5) is 0 Å². The van der Waals surface area contributed by atoms with Crippen LogP contribution in [-0.4, -0.2) is 37.2 Å². The van der Waals surface area contributed by atoms with Crippen LogP contribution >= 0.6 is 0 Å². The van der Waals surface area contributed by atoms with Gasteiger partial charge in [0.1, 0.15) is 13.2 Å². The molecule has 0 amide bonds. The highest BCUT2D eigenvalue weighted by Crippen LogP contribution is 2.15. The zero-order valence-electron chi connectivity index (χ0n) is 50.4. The van der Waals surface area contributed by atoms with Crippen molar-refractivity contribution in [3.05, 3.63) is 146 Å². The molecule has 0 saturated heterocycles. The van der Waals surface area contributed by atoms with Gasteiger partial charge in [0.25, 0.3) is 0 Å². The second-order valence-corrected chi connectivity index (χ2v) is 20.6. The highest BCUT2D eigenvalue weighted by molar-refractivity contribution is 5.71. The Bertz CT molecular complexity index is 1710. The van der Waals surface area contributed by atoms with Gasteiger partial charge in [0.15, 0.2) is 6.10 Å². The highest BCUT2D eigenvalue weighted by atomic mass is 16.6. The summed E-state index contributed by atoms with van der Waals surface area (Å²) in [5.74, 6) is -0.917. The highest BCUT2D eigenvalue weighted by Gasteiger charge is 2.19. The molecule has 0 rings (SSSR count). The minimum atomic E-state index is -0.789. The number of rotatable bonds is 56. The lowest BCUT2D eigenvalue weighted by molar-refractivity contribution is -0.167. The van der Waals surface area contributed by atoms with E-state index in [9.17, 15) is 14.4 Å². The predicted octanol–water partition coefficient (Wildman–Crippen LogP) is 21.9. The topological polar surface area (TPSA) is 78.9 Å². The molecule has 0 aliphatic carbocycles. The number of carbonyl (C=O) groups excluding carboxylic acids is 3. The Morgan fingerprint density at radius 3 is 0.782 bits per heavy atom. The lowest BCUT2D eigenvalue weighted by Gasteiger charge is -2.18. The molecule has 6 nitrogen and oxygen atoms in total.